The molecule has 2 aromatic heterocycles. The molecule has 0 saturated carbocycles. The van der Waals surface area contributed by atoms with Gasteiger partial charge in [0.25, 0.3) is 0 Å². The van der Waals surface area contributed by atoms with Crippen molar-refractivity contribution in [3.8, 4) is 0 Å². The number of ether oxygens (including phenoxy) is 1. The molecule has 128 valence electrons. The number of rotatable bonds is 5. The van der Waals surface area contributed by atoms with Crippen LogP contribution in [0.15, 0.2) is 16.8 Å². The van der Waals surface area contributed by atoms with E-state index < -0.39 is 0 Å². The summed E-state index contributed by atoms with van der Waals surface area (Å²) >= 11 is 0. The molecule has 1 fully saturated rings. The molecule has 0 aromatic carbocycles. The number of hydrogen-bond donors (Lipinski definition) is 1. The molecule has 1 saturated heterocycles. The minimum Gasteiger partial charge on any atom is -0.447 e. The second-order valence-corrected chi connectivity index (χ2v) is 6.04. The maximum Gasteiger partial charge on any atom is 0.415 e. The third-order valence-electron chi connectivity index (χ3n) is 3.82. The van der Waals surface area contributed by atoms with Crippen molar-refractivity contribution < 1.29 is 14.1 Å². The number of nitrogens with zero attached hydrogens (tertiary/aromatic N) is 5. The predicted octanol–water partition coefficient (Wildman–Crippen LogP) is 2.32. The predicted molar refractivity (Wildman–Crippen MR) is 85.6 cm³/mol. The molecule has 9 nitrogen and oxygen atoms in total. The molecular weight excluding hydrogens is 312 g/mol. The first-order chi connectivity index (χ1) is 11.5. The Morgan fingerprint density at radius 3 is 2.79 bits per heavy atom. The van der Waals surface area contributed by atoms with Crippen molar-refractivity contribution in [1.29, 1.82) is 0 Å². The second kappa shape index (κ2) is 6.42. The van der Waals surface area contributed by atoms with E-state index in [1.807, 2.05) is 20.8 Å². The van der Waals surface area contributed by atoms with Crippen LogP contribution in [0.3, 0.4) is 0 Å². The van der Waals surface area contributed by atoms with E-state index in [-0.39, 0.29) is 24.1 Å². The maximum atomic E-state index is 12.0. The van der Waals surface area contributed by atoms with E-state index in [9.17, 15) is 4.79 Å². The molecule has 2 aromatic rings. The Morgan fingerprint density at radius 2 is 2.12 bits per heavy atom. The summed E-state index contributed by atoms with van der Waals surface area (Å²) in [4.78, 5) is 26.4. The van der Waals surface area contributed by atoms with E-state index in [0.29, 0.717) is 30.1 Å². The van der Waals surface area contributed by atoms with Crippen molar-refractivity contribution in [2.45, 2.75) is 39.8 Å². The molecule has 1 amide bonds. The summed E-state index contributed by atoms with van der Waals surface area (Å²) in [5.74, 6) is 2.14. The summed E-state index contributed by atoms with van der Waals surface area (Å²) < 4.78 is 10.3. The van der Waals surface area contributed by atoms with Gasteiger partial charge in [-0.25, -0.2) is 9.78 Å². The van der Waals surface area contributed by atoms with Gasteiger partial charge >= 0.3 is 6.09 Å². The number of amides is 1. The average molecular weight is 332 g/mol. The van der Waals surface area contributed by atoms with Gasteiger partial charge in [-0.05, 0) is 25.8 Å². The Hall–Kier alpha value is -2.71. The normalized spacial score (nSPS) is 18.8. The largest absolute Gasteiger partial charge is 0.447 e. The van der Waals surface area contributed by atoms with Crippen LogP contribution < -0.4 is 10.2 Å². The van der Waals surface area contributed by atoms with Gasteiger partial charge < -0.3 is 14.6 Å². The fraction of sp³-hybridized carbons (Fsp3) is 0.533. The van der Waals surface area contributed by atoms with E-state index in [4.69, 9.17) is 9.26 Å². The minimum absolute atomic E-state index is 0.0451. The number of carbonyl (C=O) groups is 1. The van der Waals surface area contributed by atoms with Crippen molar-refractivity contribution in [1.82, 2.24) is 20.1 Å². The smallest absolute Gasteiger partial charge is 0.415 e. The fourth-order valence-corrected chi connectivity index (χ4v) is 2.49. The third kappa shape index (κ3) is 3.15. The standard InChI is InChI=1S/C15H20N6O3/c1-8(2)11-7-23-15(22)21(11)12-5-6-16-14(19-12)17-9(3)13-18-10(4)20-24-13/h5-6,8-9,11H,7H2,1-4H3,(H,16,17,19)/t9-,11?/m0/s1. The molecule has 24 heavy (non-hydrogen) atoms. The first-order valence-corrected chi connectivity index (χ1v) is 7.81. The topological polar surface area (TPSA) is 106 Å². The summed E-state index contributed by atoms with van der Waals surface area (Å²) in [6.45, 7) is 8.06. The molecule has 3 heterocycles. The Kier molecular flexibility index (Phi) is 4.32. The van der Waals surface area contributed by atoms with E-state index in [1.54, 1.807) is 24.1 Å². The lowest BCUT2D eigenvalue weighted by molar-refractivity contribution is 0.177. The highest BCUT2D eigenvalue weighted by molar-refractivity contribution is 5.89. The molecule has 9 heteroatoms. The summed E-state index contributed by atoms with van der Waals surface area (Å²) in [6.07, 6.45) is 1.21. The number of nitrogens with one attached hydrogen (secondary N) is 1. The molecule has 0 bridgehead atoms. The van der Waals surface area contributed by atoms with Gasteiger partial charge in [0.15, 0.2) is 5.82 Å². The molecule has 0 aliphatic carbocycles. The zero-order valence-corrected chi connectivity index (χ0v) is 14.1. The highest BCUT2D eigenvalue weighted by Gasteiger charge is 2.37. The van der Waals surface area contributed by atoms with Crippen molar-refractivity contribution in [3.63, 3.8) is 0 Å². The number of hydrogen-bond acceptors (Lipinski definition) is 8. The quantitative estimate of drug-likeness (QED) is 0.889. The number of aromatic nitrogens is 4. The number of carbonyl (C=O) groups excluding carboxylic acids is 1. The van der Waals surface area contributed by atoms with Crippen molar-refractivity contribution in [2.75, 3.05) is 16.8 Å². The van der Waals surface area contributed by atoms with Gasteiger partial charge in [-0.1, -0.05) is 19.0 Å². The van der Waals surface area contributed by atoms with E-state index in [2.05, 4.69) is 25.4 Å². The minimum atomic E-state index is -0.390. The van der Waals surface area contributed by atoms with Gasteiger partial charge in [0.2, 0.25) is 11.8 Å². The average Bonchev–Trinajstić information content (AvgIpc) is 3.13. The molecule has 3 rings (SSSR count). The molecule has 1 N–H and O–H groups in total. The van der Waals surface area contributed by atoms with Crippen molar-refractivity contribution in [3.05, 3.63) is 24.0 Å². The van der Waals surface area contributed by atoms with Crippen LogP contribution in [0.2, 0.25) is 0 Å². The molecule has 0 radical (unpaired) electrons. The van der Waals surface area contributed by atoms with Gasteiger partial charge in [0, 0.05) is 6.20 Å². The van der Waals surface area contributed by atoms with Crippen LogP contribution >= 0.6 is 0 Å². The van der Waals surface area contributed by atoms with Gasteiger partial charge in [-0.2, -0.15) is 9.97 Å². The third-order valence-corrected chi connectivity index (χ3v) is 3.82. The zero-order chi connectivity index (χ0) is 17.3. The first kappa shape index (κ1) is 16.2. The first-order valence-electron chi connectivity index (χ1n) is 7.81. The monoisotopic (exact) mass is 332 g/mol. The SMILES string of the molecule is Cc1noc([C@H](C)Nc2nccc(N3C(=O)OCC3C(C)C)n2)n1. The molecule has 1 aliphatic heterocycles. The second-order valence-electron chi connectivity index (χ2n) is 6.04. The lowest BCUT2D eigenvalue weighted by Gasteiger charge is -2.23. The van der Waals surface area contributed by atoms with Crippen molar-refractivity contribution in [2.24, 2.45) is 5.92 Å². The van der Waals surface area contributed by atoms with Gasteiger partial charge in [0.05, 0.1) is 6.04 Å². The van der Waals surface area contributed by atoms with Crippen LogP contribution in [-0.2, 0) is 4.74 Å². The molecule has 0 spiro atoms. The Labute approximate surface area is 139 Å². The summed E-state index contributed by atoms with van der Waals surface area (Å²) in [6, 6.07) is 1.39. The molecule has 1 aliphatic rings. The van der Waals surface area contributed by atoms with Crippen LogP contribution in [-0.4, -0.2) is 38.9 Å². The highest BCUT2D eigenvalue weighted by Crippen LogP contribution is 2.26. The van der Waals surface area contributed by atoms with Crippen LogP contribution in [0, 0.1) is 12.8 Å². The van der Waals surface area contributed by atoms with Crippen LogP contribution in [0.5, 0.6) is 0 Å². The lowest BCUT2D eigenvalue weighted by atomic mass is 10.0. The fourth-order valence-electron chi connectivity index (χ4n) is 2.49. The number of anilines is 2. The van der Waals surface area contributed by atoms with E-state index in [0.717, 1.165) is 0 Å². The van der Waals surface area contributed by atoms with Gasteiger partial charge in [0.1, 0.15) is 18.5 Å². The summed E-state index contributed by atoms with van der Waals surface area (Å²) in [5, 5.41) is 6.86. The van der Waals surface area contributed by atoms with E-state index >= 15 is 0 Å². The van der Waals surface area contributed by atoms with E-state index in [1.165, 1.54) is 0 Å². The van der Waals surface area contributed by atoms with Gasteiger partial charge in [-0.3, -0.25) is 4.90 Å². The Morgan fingerprint density at radius 1 is 1.33 bits per heavy atom. The van der Waals surface area contributed by atoms with Crippen LogP contribution in [0.25, 0.3) is 0 Å². The molecular formula is C15H20N6O3. The van der Waals surface area contributed by atoms with Crippen molar-refractivity contribution >= 4 is 17.9 Å². The highest BCUT2D eigenvalue weighted by atomic mass is 16.6. The molecule has 1 unspecified atom stereocenters. The summed E-state index contributed by atoms with van der Waals surface area (Å²) in [5.41, 5.74) is 0. The van der Waals surface area contributed by atoms with Crippen LogP contribution in [0.4, 0.5) is 16.6 Å². The maximum absolute atomic E-state index is 12.0. The van der Waals surface area contributed by atoms with Crippen LogP contribution in [0.1, 0.15) is 38.5 Å². The Balaban J connectivity index is 1.80. The zero-order valence-electron chi connectivity index (χ0n) is 14.1. The molecule has 2 atom stereocenters. The lowest BCUT2D eigenvalue weighted by Crippen LogP contribution is -2.37. The summed E-state index contributed by atoms with van der Waals surface area (Å²) in [7, 11) is 0. The van der Waals surface area contributed by atoms with Gasteiger partial charge in [-0.15, -0.1) is 0 Å². The number of aryl methyl sites for hydroxylation is 1. The Bertz CT molecular complexity index is 732. The number of cyclic esters (lactones) is 1.